The molecule has 3 aromatic rings. The Hall–Kier alpha value is -2.31. The number of carbonyl (C=O) groups excluding carboxylic acids is 1. The average Bonchev–Trinajstić information content (AvgIpc) is 3.27. The molecule has 0 saturated carbocycles. The molecule has 0 aliphatic carbocycles. The zero-order valence-electron chi connectivity index (χ0n) is 13.1. The van der Waals surface area contributed by atoms with E-state index >= 15 is 0 Å². The molecule has 1 atom stereocenters. The van der Waals surface area contributed by atoms with Gasteiger partial charge >= 0.3 is 0 Å². The Kier molecular flexibility index (Phi) is 5.17. The number of thiophene rings is 1. The number of ketones is 1. The lowest BCUT2D eigenvalue weighted by Crippen LogP contribution is -2.47. The van der Waals surface area contributed by atoms with Crippen molar-refractivity contribution in [3.8, 4) is 0 Å². The Labute approximate surface area is 149 Å². The lowest BCUT2D eigenvalue weighted by Gasteiger charge is -2.18. The highest BCUT2D eigenvalue weighted by atomic mass is 32.1. The van der Waals surface area contributed by atoms with Gasteiger partial charge in [-0.3, -0.25) is 4.79 Å². The largest absolute Gasteiger partial charge is 0.758 e. The quantitative estimate of drug-likeness (QED) is 0.223. The number of Topliss-reactive ketones (excluding diaryl/α,β-unsaturated/α-hetero) is 1. The van der Waals surface area contributed by atoms with Crippen molar-refractivity contribution in [2.75, 3.05) is 0 Å². The number of pyridine rings is 1. The summed E-state index contributed by atoms with van der Waals surface area (Å²) in [5.41, 5.74) is 1.05. The fourth-order valence-corrected chi connectivity index (χ4v) is 3.33. The van der Waals surface area contributed by atoms with Gasteiger partial charge in [-0.1, -0.05) is 6.07 Å². The highest BCUT2D eigenvalue weighted by Crippen LogP contribution is 2.17. The molecule has 0 fully saturated rings. The molecule has 0 N–H and O–H groups in total. The van der Waals surface area contributed by atoms with Gasteiger partial charge in [0.2, 0.25) is 11.8 Å². The lowest BCUT2D eigenvalue weighted by molar-refractivity contribution is -0.692. The zero-order chi connectivity index (χ0) is 16.9. The minimum absolute atomic E-state index is 0.0474. The van der Waals surface area contributed by atoms with E-state index in [1.54, 1.807) is 12.3 Å². The van der Waals surface area contributed by atoms with Gasteiger partial charge in [-0.2, -0.15) is 4.57 Å². The first-order valence-electron chi connectivity index (χ1n) is 7.44. The fourth-order valence-electron chi connectivity index (χ4n) is 2.35. The topological polar surface area (TPSA) is 46.5 Å². The van der Waals surface area contributed by atoms with Crippen LogP contribution < -0.4 is 4.57 Å². The molecular weight excluding hydrogens is 340 g/mol. The van der Waals surface area contributed by atoms with Crippen molar-refractivity contribution in [1.29, 1.82) is 0 Å². The van der Waals surface area contributed by atoms with Crippen molar-refractivity contribution in [2.45, 2.75) is 19.5 Å². The van der Waals surface area contributed by atoms with Gasteiger partial charge in [0.1, 0.15) is 5.76 Å². The van der Waals surface area contributed by atoms with Gasteiger partial charge in [0, 0.05) is 11.6 Å². The number of rotatable bonds is 6. The number of aromatic nitrogens is 1. The van der Waals surface area contributed by atoms with E-state index in [0.717, 1.165) is 5.56 Å². The van der Waals surface area contributed by atoms with Crippen molar-refractivity contribution in [3.05, 3.63) is 76.6 Å². The van der Waals surface area contributed by atoms with Crippen LogP contribution in [0.5, 0.6) is 0 Å². The van der Waals surface area contributed by atoms with Crippen LogP contribution in [0.2, 0.25) is 0 Å². The van der Waals surface area contributed by atoms with Gasteiger partial charge in [0.25, 0.3) is 0 Å². The first-order chi connectivity index (χ1) is 11.6. The maximum Gasteiger partial charge on any atom is 0.244 e. The summed E-state index contributed by atoms with van der Waals surface area (Å²) in [5, 5.41) is 2.23. The zero-order valence-corrected chi connectivity index (χ0v) is 14.7. The monoisotopic (exact) mass is 356 g/mol. The van der Waals surface area contributed by atoms with E-state index in [1.807, 2.05) is 59.6 Å². The third-order valence-electron chi connectivity index (χ3n) is 3.49. The van der Waals surface area contributed by atoms with E-state index in [0.29, 0.717) is 22.2 Å². The molecule has 3 heterocycles. The molecule has 4 nitrogen and oxygen atoms in total. The molecule has 0 unspecified atom stereocenters. The maximum atomic E-state index is 12.9. The first-order valence-corrected chi connectivity index (χ1v) is 8.73. The molecule has 0 amide bonds. The Morgan fingerprint density at radius 3 is 2.88 bits per heavy atom. The van der Waals surface area contributed by atoms with Gasteiger partial charge in [0.05, 0.1) is 17.7 Å². The van der Waals surface area contributed by atoms with Crippen LogP contribution >= 0.6 is 11.3 Å². The Morgan fingerprint density at radius 1 is 1.33 bits per heavy atom. The number of hydrogen-bond acceptors (Lipinski definition) is 5. The molecule has 3 aromatic heterocycles. The second-order valence-electron chi connectivity index (χ2n) is 5.31. The van der Waals surface area contributed by atoms with Crippen LogP contribution in [-0.2, 0) is 19.2 Å². The smallest absolute Gasteiger partial charge is 0.244 e. The van der Waals surface area contributed by atoms with Crippen molar-refractivity contribution >= 4 is 34.8 Å². The molecule has 0 saturated heterocycles. The first kappa shape index (κ1) is 16.5. The molecule has 0 aliphatic heterocycles. The number of furan rings is 1. The molecule has 0 radical (unpaired) electrons. The van der Waals surface area contributed by atoms with Crippen molar-refractivity contribution in [3.63, 3.8) is 0 Å². The summed E-state index contributed by atoms with van der Waals surface area (Å²) < 4.78 is 7.10. The van der Waals surface area contributed by atoms with E-state index in [-0.39, 0.29) is 5.78 Å². The number of aliphatic imine (C=N–C) groups is 1. The second kappa shape index (κ2) is 7.51. The number of aryl methyl sites for hydroxylation is 1. The van der Waals surface area contributed by atoms with Gasteiger partial charge < -0.3 is 22.0 Å². The van der Waals surface area contributed by atoms with Gasteiger partial charge in [0.15, 0.2) is 12.4 Å². The molecule has 122 valence electrons. The maximum absolute atomic E-state index is 12.9. The Balaban J connectivity index is 1.95. The molecule has 0 bridgehead atoms. The predicted molar refractivity (Wildman–Crippen MR) is 96.3 cm³/mol. The Bertz CT molecular complexity index is 840. The van der Waals surface area contributed by atoms with Crippen molar-refractivity contribution < 1.29 is 13.8 Å². The van der Waals surface area contributed by atoms with E-state index in [4.69, 9.17) is 17.0 Å². The van der Waals surface area contributed by atoms with Crippen molar-refractivity contribution in [2.24, 2.45) is 4.99 Å². The van der Waals surface area contributed by atoms with E-state index in [2.05, 4.69) is 4.99 Å². The summed E-state index contributed by atoms with van der Waals surface area (Å²) in [7, 11) is 0. The van der Waals surface area contributed by atoms with Crippen LogP contribution in [0.3, 0.4) is 0 Å². The number of hydrogen-bond donors (Lipinski definition) is 0. The molecule has 3 rings (SSSR count). The van der Waals surface area contributed by atoms with Crippen LogP contribution in [0, 0.1) is 6.92 Å². The van der Waals surface area contributed by atoms with E-state index in [9.17, 15) is 4.79 Å². The summed E-state index contributed by atoms with van der Waals surface area (Å²) >= 11 is 6.89. The van der Waals surface area contributed by atoms with Crippen LogP contribution in [0.1, 0.15) is 27.0 Å². The summed E-state index contributed by atoms with van der Waals surface area (Å²) in [6.07, 6.45) is 5.35. The second-order valence-corrected chi connectivity index (χ2v) is 6.67. The van der Waals surface area contributed by atoms with Crippen molar-refractivity contribution in [1.82, 2.24) is 0 Å². The molecule has 24 heavy (non-hydrogen) atoms. The SMILES string of the molecule is Cc1ccc[n+]([C@@H](C(=O)c2cccs2)C([S-])=NCc2ccco2)c1. The standard InChI is InChI=1S/C18H16N2O2S2/c1-13-5-2-8-20(12-13)16(17(21)15-7-4-10-24-15)18(23)19-11-14-6-3-9-22-14/h2-10,12,16H,11H2,1H3/t16-/m0/s1. The highest BCUT2D eigenvalue weighted by molar-refractivity contribution is 7.77. The van der Waals surface area contributed by atoms with Crippen LogP contribution in [0.15, 0.2) is 69.8 Å². The van der Waals surface area contributed by atoms with Crippen LogP contribution in [0.4, 0.5) is 0 Å². The molecule has 0 aliphatic rings. The third-order valence-corrected chi connectivity index (χ3v) is 4.72. The number of nitrogens with zero attached hydrogens (tertiary/aromatic N) is 2. The number of carbonyl (C=O) groups is 1. The fraction of sp³-hybridized carbons (Fsp3) is 0.167. The summed E-state index contributed by atoms with van der Waals surface area (Å²) in [5.74, 6) is 0.669. The van der Waals surface area contributed by atoms with Gasteiger partial charge in [-0.15, -0.1) is 11.3 Å². The summed E-state index contributed by atoms with van der Waals surface area (Å²) in [6.45, 7) is 2.30. The van der Waals surface area contributed by atoms with Gasteiger partial charge in [-0.05, 0) is 41.6 Å². The van der Waals surface area contributed by atoms with E-state index in [1.165, 1.54) is 11.3 Å². The minimum atomic E-state index is -0.631. The molecular formula is C18H16N2O2S2. The molecule has 0 spiro atoms. The minimum Gasteiger partial charge on any atom is -0.758 e. The van der Waals surface area contributed by atoms with Gasteiger partial charge in [-0.25, -0.2) is 0 Å². The molecule has 6 heteroatoms. The Morgan fingerprint density at radius 2 is 2.21 bits per heavy atom. The molecule has 0 aromatic carbocycles. The highest BCUT2D eigenvalue weighted by Gasteiger charge is 2.29. The normalized spacial score (nSPS) is 13.0. The van der Waals surface area contributed by atoms with Crippen LogP contribution in [-0.4, -0.2) is 10.8 Å². The predicted octanol–water partition coefficient (Wildman–Crippen LogP) is 3.51. The average molecular weight is 356 g/mol. The third kappa shape index (κ3) is 3.77. The van der Waals surface area contributed by atoms with E-state index < -0.39 is 6.04 Å². The van der Waals surface area contributed by atoms with Crippen LogP contribution in [0.25, 0.3) is 0 Å². The lowest BCUT2D eigenvalue weighted by atomic mass is 10.1. The summed E-state index contributed by atoms with van der Waals surface area (Å²) in [4.78, 5) is 18.0. The summed E-state index contributed by atoms with van der Waals surface area (Å²) in [6, 6.07) is 10.6.